The summed E-state index contributed by atoms with van der Waals surface area (Å²) in [6.45, 7) is -0.122. The van der Waals surface area contributed by atoms with Gasteiger partial charge in [-0.15, -0.1) is 0 Å². The monoisotopic (exact) mass is 220 g/mol. The number of nitro groups is 1. The molecule has 1 amide bonds. The Balaban J connectivity index is 2.99. The Morgan fingerprint density at radius 1 is 1.62 bits per heavy atom. The molecule has 1 aromatic carbocycles. The summed E-state index contributed by atoms with van der Waals surface area (Å²) in [4.78, 5) is 20.4. The fourth-order valence-corrected chi connectivity index (χ4v) is 1.08. The Hall–Kier alpha value is -2.62. The summed E-state index contributed by atoms with van der Waals surface area (Å²) in [7, 11) is 0. The highest BCUT2D eigenvalue weighted by atomic mass is 16.6. The van der Waals surface area contributed by atoms with Gasteiger partial charge in [0.15, 0.2) is 0 Å². The lowest BCUT2D eigenvalue weighted by Gasteiger charge is -2.03. The minimum absolute atomic E-state index is 0.0328. The molecule has 16 heavy (non-hydrogen) atoms. The van der Waals surface area contributed by atoms with Crippen LogP contribution >= 0.6 is 0 Å². The zero-order valence-electron chi connectivity index (χ0n) is 8.14. The second-order valence-corrected chi connectivity index (χ2v) is 2.92. The van der Waals surface area contributed by atoms with Gasteiger partial charge in [-0.2, -0.15) is 5.26 Å². The Morgan fingerprint density at radius 3 is 2.81 bits per heavy atom. The molecule has 7 nitrogen and oxygen atoms in total. The summed E-state index contributed by atoms with van der Waals surface area (Å²) >= 11 is 0. The fourth-order valence-electron chi connectivity index (χ4n) is 1.08. The lowest BCUT2D eigenvalue weighted by molar-refractivity contribution is -0.385. The molecule has 0 aliphatic heterocycles. The van der Waals surface area contributed by atoms with E-state index >= 15 is 0 Å². The number of primary amides is 1. The van der Waals surface area contributed by atoms with Gasteiger partial charge in [0.05, 0.1) is 11.5 Å². The summed E-state index contributed by atoms with van der Waals surface area (Å²) < 4.78 is 0. The van der Waals surface area contributed by atoms with E-state index in [0.29, 0.717) is 5.69 Å². The Labute approximate surface area is 90.6 Å². The maximum atomic E-state index is 10.6. The van der Waals surface area contributed by atoms with E-state index in [1.165, 1.54) is 18.2 Å². The van der Waals surface area contributed by atoms with E-state index in [1.54, 1.807) is 6.07 Å². The van der Waals surface area contributed by atoms with Crippen molar-refractivity contribution in [3.8, 4) is 6.07 Å². The number of nitro benzene ring substituents is 1. The van der Waals surface area contributed by atoms with Crippen LogP contribution in [0.3, 0.4) is 0 Å². The van der Waals surface area contributed by atoms with Crippen LogP contribution in [0.15, 0.2) is 18.2 Å². The molecule has 0 aromatic heterocycles. The number of rotatable bonds is 4. The van der Waals surface area contributed by atoms with Crippen molar-refractivity contribution in [2.24, 2.45) is 5.73 Å². The molecule has 0 radical (unpaired) electrons. The number of amides is 1. The van der Waals surface area contributed by atoms with Crippen LogP contribution in [0.2, 0.25) is 0 Å². The SMILES string of the molecule is N#Cc1ccc(NCC(N)=O)cc1[N+](=O)[O-]. The summed E-state index contributed by atoms with van der Waals surface area (Å²) in [5, 5.41) is 21.8. The third-order valence-electron chi connectivity index (χ3n) is 1.78. The number of nitrogens with two attached hydrogens (primary N) is 1. The van der Waals surface area contributed by atoms with Gasteiger partial charge < -0.3 is 11.1 Å². The summed E-state index contributed by atoms with van der Waals surface area (Å²) in [5.41, 5.74) is 4.93. The van der Waals surface area contributed by atoms with Gasteiger partial charge >= 0.3 is 0 Å². The Morgan fingerprint density at radius 2 is 2.31 bits per heavy atom. The van der Waals surface area contributed by atoms with Crippen molar-refractivity contribution in [2.45, 2.75) is 0 Å². The highest BCUT2D eigenvalue weighted by molar-refractivity contribution is 5.79. The van der Waals surface area contributed by atoms with Gasteiger partial charge in [0.1, 0.15) is 11.6 Å². The van der Waals surface area contributed by atoms with Gasteiger partial charge in [-0.3, -0.25) is 14.9 Å². The molecule has 0 aliphatic carbocycles. The number of hydrogen-bond donors (Lipinski definition) is 2. The first kappa shape index (κ1) is 11.5. The van der Waals surface area contributed by atoms with Gasteiger partial charge in [-0.25, -0.2) is 0 Å². The molecule has 0 aliphatic rings. The van der Waals surface area contributed by atoms with Gasteiger partial charge in [-0.05, 0) is 12.1 Å². The van der Waals surface area contributed by atoms with Crippen molar-refractivity contribution in [1.82, 2.24) is 0 Å². The van der Waals surface area contributed by atoms with E-state index in [4.69, 9.17) is 11.0 Å². The minimum Gasteiger partial charge on any atom is -0.376 e. The molecule has 0 heterocycles. The van der Waals surface area contributed by atoms with E-state index in [0.717, 1.165) is 0 Å². The zero-order valence-corrected chi connectivity index (χ0v) is 8.14. The highest BCUT2D eigenvalue weighted by Crippen LogP contribution is 2.22. The second kappa shape index (κ2) is 4.75. The number of carbonyl (C=O) groups is 1. The lowest BCUT2D eigenvalue weighted by atomic mass is 10.2. The summed E-state index contributed by atoms with van der Waals surface area (Å²) in [6.07, 6.45) is 0. The Bertz CT molecular complexity index is 478. The largest absolute Gasteiger partial charge is 0.376 e. The predicted molar refractivity (Wildman–Crippen MR) is 55.5 cm³/mol. The fraction of sp³-hybridized carbons (Fsp3) is 0.111. The van der Waals surface area contributed by atoms with E-state index in [2.05, 4.69) is 5.32 Å². The van der Waals surface area contributed by atoms with Crippen LogP contribution in [0.25, 0.3) is 0 Å². The average molecular weight is 220 g/mol. The molecule has 0 atom stereocenters. The molecule has 0 unspecified atom stereocenters. The minimum atomic E-state index is -0.659. The van der Waals surface area contributed by atoms with Gasteiger partial charge in [0.2, 0.25) is 5.91 Å². The van der Waals surface area contributed by atoms with E-state index in [1.807, 2.05) is 0 Å². The first-order valence-corrected chi connectivity index (χ1v) is 4.25. The van der Waals surface area contributed by atoms with Crippen molar-refractivity contribution in [3.05, 3.63) is 33.9 Å². The van der Waals surface area contributed by atoms with Crippen molar-refractivity contribution in [2.75, 3.05) is 11.9 Å². The van der Waals surface area contributed by atoms with Crippen LogP contribution < -0.4 is 11.1 Å². The smallest absolute Gasteiger partial charge is 0.289 e. The normalized spacial score (nSPS) is 9.19. The number of nitrogens with one attached hydrogen (secondary N) is 1. The third-order valence-corrected chi connectivity index (χ3v) is 1.78. The molecular weight excluding hydrogens is 212 g/mol. The maximum Gasteiger partial charge on any atom is 0.289 e. The lowest BCUT2D eigenvalue weighted by Crippen LogP contribution is -2.21. The predicted octanol–water partition coefficient (Wildman–Crippen LogP) is 0.364. The summed E-state index contributed by atoms with van der Waals surface area (Å²) in [5.74, 6) is -0.577. The van der Waals surface area contributed by atoms with Crippen LogP contribution in [0.1, 0.15) is 5.56 Å². The number of nitriles is 1. The van der Waals surface area contributed by atoms with Crippen molar-refractivity contribution in [1.29, 1.82) is 5.26 Å². The quantitative estimate of drug-likeness (QED) is 0.560. The van der Waals surface area contributed by atoms with Crippen LogP contribution in [0.5, 0.6) is 0 Å². The maximum absolute atomic E-state index is 10.6. The van der Waals surface area contributed by atoms with Crippen LogP contribution in [0, 0.1) is 21.4 Å². The van der Waals surface area contributed by atoms with Gasteiger partial charge in [-0.1, -0.05) is 0 Å². The Kier molecular flexibility index (Phi) is 3.40. The summed E-state index contributed by atoms with van der Waals surface area (Å²) in [6, 6.07) is 5.66. The molecule has 0 saturated heterocycles. The molecular formula is C9H8N4O3. The number of benzene rings is 1. The topological polar surface area (TPSA) is 122 Å². The molecule has 7 heteroatoms. The first-order chi connectivity index (χ1) is 7.54. The zero-order chi connectivity index (χ0) is 12.1. The van der Waals surface area contributed by atoms with Crippen LogP contribution in [0.4, 0.5) is 11.4 Å². The van der Waals surface area contributed by atoms with Crippen molar-refractivity contribution in [3.63, 3.8) is 0 Å². The van der Waals surface area contributed by atoms with E-state index in [-0.39, 0.29) is 17.8 Å². The highest BCUT2D eigenvalue weighted by Gasteiger charge is 2.14. The molecule has 0 bridgehead atoms. The van der Waals surface area contributed by atoms with Crippen LogP contribution in [-0.4, -0.2) is 17.4 Å². The molecule has 3 N–H and O–H groups in total. The molecule has 0 spiro atoms. The number of carbonyl (C=O) groups excluding carboxylic acids is 1. The van der Waals surface area contributed by atoms with Gasteiger partial charge in [0, 0.05) is 11.8 Å². The molecule has 1 rings (SSSR count). The number of anilines is 1. The number of hydrogen-bond acceptors (Lipinski definition) is 5. The molecule has 82 valence electrons. The van der Waals surface area contributed by atoms with Crippen molar-refractivity contribution >= 4 is 17.3 Å². The van der Waals surface area contributed by atoms with E-state index in [9.17, 15) is 14.9 Å². The second-order valence-electron chi connectivity index (χ2n) is 2.92. The third kappa shape index (κ3) is 2.68. The van der Waals surface area contributed by atoms with Crippen molar-refractivity contribution < 1.29 is 9.72 Å². The molecule has 0 saturated carbocycles. The molecule has 1 aromatic rings. The average Bonchev–Trinajstić information content (AvgIpc) is 2.25. The van der Waals surface area contributed by atoms with E-state index < -0.39 is 10.8 Å². The number of nitrogens with zero attached hydrogens (tertiary/aromatic N) is 2. The van der Waals surface area contributed by atoms with Gasteiger partial charge in [0.25, 0.3) is 5.69 Å². The molecule has 0 fully saturated rings. The van der Waals surface area contributed by atoms with Crippen LogP contribution in [-0.2, 0) is 4.79 Å². The standard InChI is InChI=1S/C9H8N4O3/c10-4-6-1-2-7(12-5-9(11)14)3-8(6)13(15)16/h1-3,12H,5H2,(H2,11,14). The first-order valence-electron chi connectivity index (χ1n) is 4.25.